The lowest BCUT2D eigenvalue weighted by molar-refractivity contribution is -0.120. The van der Waals surface area contributed by atoms with Crippen molar-refractivity contribution in [2.45, 2.75) is 6.92 Å². The molecular weight excluding hydrogens is 208 g/mol. The van der Waals surface area contributed by atoms with Crippen LogP contribution in [0.5, 0.6) is 5.75 Å². The molecule has 1 rings (SSSR count). The quantitative estimate of drug-likeness (QED) is 0.707. The predicted octanol–water partition coefficient (Wildman–Crippen LogP) is 2.29. The first-order valence-electron chi connectivity index (χ1n) is 3.11. The fourth-order valence-corrected chi connectivity index (χ4v) is 1.12. The minimum atomic E-state index is 0.416. The molecule has 0 radical (unpaired) electrons. The maximum Gasteiger partial charge on any atom is 0.298 e. The summed E-state index contributed by atoms with van der Waals surface area (Å²) in [5.74, 6) is 0.556. The summed E-state index contributed by atoms with van der Waals surface area (Å²) in [6, 6.07) is 5.49. The van der Waals surface area contributed by atoms with Crippen LogP contribution in [0.15, 0.2) is 22.7 Å². The molecule has 0 aliphatic heterocycles. The van der Waals surface area contributed by atoms with Crippen LogP contribution in [0.2, 0.25) is 0 Å². The molecule has 0 N–H and O–H groups in total. The van der Waals surface area contributed by atoms with Crippen molar-refractivity contribution in [2.75, 3.05) is 0 Å². The smallest absolute Gasteiger partial charge is 0.298 e. The Morgan fingerprint density at radius 2 is 2.27 bits per heavy atom. The number of halogens is 1. The Kier molecular flexibility index (Phi) is 2.65. The third-order valence-electron chi connectivity index (χ3n) is 1.33. The molecule has 0 amide bonds. The van der Waals surface area contributed by atoms with Crippen molar-refractivity contribution in [3.05, 3.63) is 28.2 Å². The van der Waals surface area contributed by atoms with Crippen LogP contribution in [0.1, 0.15) is 5.56 Å². The molecule has 0 aromatic heterocycles. The molecule has 0 heterocycles. The monoisotopic (exact) mass is 214 g/mol. The van der Waals surface area contributed by atoms with Gasteiger partial charge in [0.1, 0.15) is 5.75 Å². The topological polar surface area (TPSA) is 26.3 Å². The van der Waals surface area contributed by atoms with E-state index in [9.17, 15) is 4.79 Å². The Morgan fingerprint density at radius 1 is 1.55 bits per heavy atom. The highest BCUT2D eigenvalue weighted by atomic mass is 79.9. The zero-order valence-corrected chi connectivity index (χ0v) is 7.59. The Balaban J connectivity index is 3.05. The van der Waals surface area contributed by atoms with Gasteiger partial charge < -0.3 is 4.74 Å². The number of hydrogen-bond donors (Lipinski definition) is 0. The first-order valence-corrected chi connectivity index (χ1v) is 3.90. The summed E-state index contributed by atoms with van der Waals surface area (Å²) in [5.41, 5.74) is 1.05. The first-order chi connectivity index (χ1) is 5.25. The van der Waals surface area contributed by atoms with Crippen molar-refractivity contribution in [1.29, 1.82) is 0 Å². The molecule has 3 heteroatoms. The van der Waals surface area contributed by atoms with Crippen LogP contribution in [-0.4, -0.2) is 6.47 Å². The zero-order chi connectivity index (χ0) is 8.27. The van der Waals surface area contributed by atoms with E-state index in [4.69, 9.17) is 4.74 Å². The molecule has 0 saturated carbocycles. The van der Waals surface area contributed by atoms with E-state index in [-0.39, 0.29) is 0 Å². The molecular formula is C8H7BrO2. The summed E-state index contributed by atoms with van der Waals surface area (Å²) in [6.45, 7) is 2.35. The second-order valence-corrected chi connectivity index (χ2v) is 2.89. The number of hydrogen-bond acceptors (Lipinski definition) is 2. The second-order valence-electron chi connectivity index (χ2n) is 2.10. The first kappa shape index (κ1) is 8.27. The van der Waals surface area contributed by atoms with Crippen molar-refractivity contribution in [3.8, 4) is 5.75 Å². The normalized spacial score (nSPS) is 9.27. The van der Waals surface area contributed by atoms with Gasteiger partial charge in [-0.15, -0.1) is 0 Å². The molecule has 0 spiro atoms. The van der Waals surface area contributed by atoms with E-state index in [0.29, 0.717) is 12.2 Å². The molecule has 0 saturated heterocycles. The van der Waals surface area contributed by atoms with Crippen molar-refractivity contribution in [3.63, 3.8) is 0 Å². The van der Waals surface area contributed by atoms with Gasteiger partial charge in [-0.25, -0.2) is 0 Å². The van der Waals surface area contributed by atoms with Crippen molar-refractivity contribution in [1.82, 2.24) is 0 Å². The van der Waals surface area contributed by atoms with Gasteiger partial charge in [0, 0.05) is 0 Å². The average Bonchev–Trinajstić information content (AvgIpc) is 1.99. The maximum absolute atomic E-state index is 9.99. The Morgan fingerprint density at radius 3 is 2.91 bits per heavy atom. The van der Waals surface area contributed by atoms with E-state index in [1.165, 1.54) is 0 Å². The van der Waals surface area contributed by atoms with Crippen LogP contribution in [0.4, 0.5) is 0 Å². The van der Waals surface area contributed by atoms with Gasteiger partial charge in [-0.05, 0) is 34.5 Å². The number of carbonyl (C=O) groups excluding carboxylic acids is 1. The van der Waals surface area contributed by atoms with Gasteiger partial charge in [0.15, 0.2) is 0 Å². The molecule has 0 atom stereocenters. The average molecular weight is 215 g/mol. The van der Waals surface area contributed by atoms with Gasteiger partial charge >= 0.3 is 0 Å². The lowest BCUT2D eigenvalue weighted by atomic mass is 10.2. The van der Waals surface area contributed by atoms with Gasteiger partial charge in [-0.1, -0.05) is 12.1 Å². The van der Waals surface area contributed by atoms with Crippen molar-refractivity contribution < 1.29 is 9.53 Å². The van der Waals surface area contributed by atoms with Gasteiger partial charge in [-0.2, -0.15) is 0 Å². The van der Waals surface area contributed by atoms with Gasteiger partial charge in [0.25, 0.3) is 6.47 Å². The highest BCUT2D eigenvalue weighted by Crippen LogP contribution is 2.27. The third-order valence-corrected chi connectivity index (χ3v) is 2.35. The minimum absolute atomic E-state index is 0.416. The Bertz CT molecular complexity index is 271. The highest BCUT2D eigenvalue weighted by molar-refractivity contribution is 9.10. The van der Waals surface area contributed by atoms with Crippen molar-refractivity contribution >= 4 is 22.4 Å². The molecule has 0 aliphatic rings. The molecule has 2 nitrogen and oxygen atoms in total. The van der Waals surface area contributed by atoms with Crippen molar-refractivity contribution in [2.24, 2.45) is 0 Å². The summed E-state index contributed by atoms with van der Waals surface area (Å²) >= 11 is 3.30. The number of carbonyl (C=O) groups is 1. The molecule has 1 aromatic carbocycles. The van der Waals surface area contributed by atoms with Crippen LogP contribution in [0, 0.1) is 6.92 Å². The standard InChI is InChI=1S/C8H7BrO2/c1-6-3-2-4-7(8(6)9)11-5-10/h2-5H,1H3. The summed E-state index contributed by atoms with van der Waals surface area (Å²) < 4.78 is 5.52. The summed E-state index contributed by atoms with van der Waals surface area (Å²) in [4.78, 5) is 9.99. The summed E-state index contributed by atoms with van der Waals surface area (Å²) in [6.07, 6.45) is 0. The predicted molar refractivity (Wildman–Crippen MR) is 45.6 cm³/mol. The Hall–Kier alpha value is -0.830. The van der Waals surface area contributed by atoms with E-state index in [1.54, 1.807) is 6.07 Å². The molecule has 11 heavy (non-hydrogen) atoms. The van der Waals surface area contributed by atoms with Gasteiger partial charge in [0.05, 0.1) is 4.47 Å². The van der Waals surface area contributed by atoms with E-state index >= 15 is 0 Å². The SMILES string of the molecule is Cc1cccc(OC=O)c1Br. The van der Waals surface area contributed by atoms with E-state index in [2.05, 4.69) is 15.9 Å². The fraction of sp³-hybridized carbons (Fsp3) is 0.125. The maximum atomic E-state index is 9.99. The van der Waals surface area contributed by atoms with Gasteiger partial charge in [-0.3, -0.25) is 4.79 Å². The summed E-state index contributed by atoms with van der Waals surface area (Å²) in [7, 11) is 0. The van der Waals surface area contributed by atoms with Crippen LogP contribution in [0.25, 0.3) is 0 Å². The zero-order valence-electron chi connectivity index (χ0n) is 6.00. The molecule has 0 fully saturated rings. The molecule has 0 aliphatic carbocycles. The Labute approximate surface area is 73.3 Å². The lowest BCUT2D eigenvalue weighted by Gasteiger charge is -2.02. The number of rotatable bonds is 2. The minimum Gasteiger partial charge on any atom is -0.428 e. The third kappa shape index (κ3) is 1.80. The number of ether oxygens (including phenoxy) is 1. The van der Waals surface area contributed by atoms with Crippen LogP contribution in [-0.2, 0) is 4.79 Å². The molecule has 0 bridgehead atoms. The lowest BCUT2D eigenvalue weighted by Crippen LogP contribution is -1.90. The van der Waals surface area contributed by atoms with E-state index in [1.807, 2.05) is 19.1 Å². The summed E-state index contributed by atoms with van der Waals surface area (Å²) in [5, 5.41) is 0. The number of benzene rings is 1. The van der Waals surface area contributed by atoms with E-state index < -0.39 is 0 Å². The second kappa shape index (κ2) is 3.53. The fourth-order valence-electron chi connectivity index (χ4n) is 0.763. The highest BCUT2D eigenvalue weighted by Gasteiger charge is 2.01. The molecule has 58 valence electrons. The van der Waals surface area contributed by atoms with Crippen LogP contribution < -0.4 is 4.74 Å². The largest absolute Gasteiger partial charge is 0.428 e. The van der Waals surface area contributed by atoms with Crippen LogP contribution in [0.3, 0.4) is 0 Å². The number of aryl methyl sites for hydroxylation is 1. The molecule has 0 unspecified atom stereocenters. The molecule has 1 aromatic rings. The van der Waals surface area contributed by atoms with Gasteiger partial charge in [0.2, 0.25) is 0 Å². The van der Waals surface area contributed by atoms with E-state index in [0.717, 1.165) is 10.0 Å². The van der Waals surface area contributed by atoms with Crippen LogP contribution >= 0.6 is 15.9 Å².